The lowest BCUT2D eigenvalue weighted by Gasteiger charge is -2.58. The predicted molar refractivity (Wildman–Crippen MR) is 112 cm³/mol. The van der Waals surface area contributed by atoms with Crippen molar-refractivity contribution >= 4 is 17.3 Å². The Morgan fingerprint density at radius 3 is 2.52 bits per heavy atom. The normalized spacial score (nSPS) is 19.4. The monoisotopic (exact) mass is 372 g/mol. The van der Waals surface area contributed by atoms with Crippen LogP contribution in [0, 0.1) is 11.3 Å². The van der Waals surface area contributed by atoms with Crippen LogP contribution in [-0.4, -0.2) is 25.2 Å². The maximum Gasteiger partial charge on any atom is 0.306 e. The van der Waals surface area contributed by atoms with E-state index < -0.39 is 0 Å². The van der Waals surface area contributed by atoms with Crippen LogP contribution in [0.5, 0.6) is 0 Å². The molecule has 2 aliphatic carbocycles. The fraction of sp³-hybridized carbons (Fsp3) is 0.696. The number of nitrogen functional groups attached to an aromatic ring is 1. The standard InChI is InChI=1S/C23H36N2O2/c1-5-27-22(26)11-17(4)18-7-8-21(20(24)12-18)25(15-16(2)3)19-13-23(14-19)9-6-10-23/h7-8,12,16-17,19H,5-6,9-11,13-15,24H2,1-4H3. The third kappa shape index (κ3) is 4.41. The zero-order valence-electron chi connectivity index (χ0n) is 17.5. The molecular formula is C23H36N2O2. The number of nitrogens with zero attached hydrogens (tertiary/aromatic N) is 1. The molecule has 150 valence electrons. The van der Waals surface area contributed by atoms with Crippen molar-refractivity contribution in [2.24, 2.45) is 11.3 Å². The van der Waals surface area contributed by atoms with Crippen LogP contribution in [0.1, 0.15) is 77.7 Å². The van der Waals surface area contributed by atoms with E-state index in [1.165, 1.54) is 32.1 Å². The summed E-state index contributed by atoms with van der Waals surface area (Å²) in [5, 5.41) is 0. The summed E-state index contributed by atoms with van der Waals surface area (Å²) in [6.07, 6.45) is 7.28. The second-order valence-corrected chi connectivity index (χ2v) is 9.19. The molecule has 1 aromatic rings. The van der Waals surface area contributed by atoms with E-state index in [0.29, 0.717) is 30.4 Å². The molecule has 27 heavy (non-hydrogen) atoms. The second-order valence-electron chi connectivity index (χ2n) is 9.19. The Labute approximate surface area is 164 Å². The predicted octanol–water partition coefficient (Wildman–Crippen LogP) is 5.12. The van der Waals surface area contributed by atoms with Crippen molar-refractivity contribution in [1.82, 2.24) is 0 Å². The highest BCUT2D eigenvalue weighted by Gasteiger charge is 2.50. The molecule has 3 rings (SSSR count). The summed E-state index contributed by atoms with van der Waals surface area (Å²) in [5.41, 5.74) is 10.3. The molecule has 0 amide bonds. The van der Waals surface area contributed by atoms with Gasteiger partial charge in [0.2, 0.25) is 0 Å². The van der Waals surface area contributed by atoms with Crippen molar-refractivity contribution in [3.05, 3.63) is 23.8 Å². The molecule has 2 fully saturated rings. The minimum absolute atomic E-state index is 0.112. The average Bonchev–Trinajstić information content (AvgIpc) is 2.51. The Hall–Kier alpha value is -1.71. The smallest absolute Gasteiger partial charge is 0.306 e. The van der Waals surface area contributed by atoms with Gasteiger partial charge in [-0.25, -0.2) is 0 Å². The van der Waals surface area contributed by atoms with Crippen molar-refractivity contribution in [2.45, 2.75) is 78.2 Å². The van der Waals surface area contributed by atoms with Crippen LogP contribution in [0.25, 0.3) is 0 Å². The summed E-state index contributed by atoms with van der Waals surface area (Å²) in [6.45, 7) is 9.92. The number of benzene rings is 1. The van der Waals surface area contributed by atoms with Gasteiger partial charge in [-0.15, -0.1) is 0 Å². The van der Waals surface area contributed by atoms with Gasteiger partial charge in [0.25, 0.3) is 0 Å². The van der Waals surface area contributed by atoms with Crippen LogP contribution < -0.4 is 10.6 Å². The molecule has 1 aromatic carbocycles. The third-order valence-corrected chi connectivity index (χ3v) is 6.46. The number of carbonyl (C=O) groups is 1. The molecule has 0 saturated heterocycles. The van der Waals surface area contributed by atoms with Crippen molar-refractivity contribution in [3.63, 3.8) is 0 Å². The number of ether oxygens (including phenoxy) is 1. The van der Waals surface area contributed by atoms with Gasteiger partial charge in [0.1, 0.15) is 0 Å². The number of anilines is 2. The summed E-state index contributed by atoms with van der Waals surface area (Å²) in [7, 11) is 0. The molecule has 0 bridgehead atoms. The van der Waals surface area contributed by atoms with Crippen molar-refractivity contribution in [2.75, 3.05) is 23.8 Å². The molecule has 0 radical (unpaired) electrons. The summed E-state index contributed by atoms with van der Waals surface area (Å²) >= 11 is 0. The number of hydrogen-bond acceptors (Lipinski definition) is 4. The minimum atomic E-state index is -0.144. The second kappa shape index (κ2) is 8.12. The van der Waals surface area contributed by atoms with Crippen LogP contribution in [0.2, 0.25) is 0 Å². The summed E-state index contributed by atoms with van der Waals surface area (Å²) < 4.78 is 5.08. The summed E-state index contributed by atoms with van der Waals surface area (Å²) in [4.78, 5) is 14.3. The highest BCUT2D eigenvalue weighted by molar-refractivity contribution is 5.72. The van der Waals surface area contributed by atoms with E-state index in [0.717, 1.165) is 23.5 Å². The molecule has 4 nitrogen and oxygen atoms in total. The molecule has 1 spiro atoms. The zero-order chi connectivity index (χ0) is 19.6. The largest absolute Gasteiger partial charge is 0.466 e. The van der Waals surface area contributed by atoms with Crippen LogP contribution in [-0.2, 0) is 9.53 Å². The molecule has 4 heteroatoms. The first-order chi connectivity index (χ1) is 12.8. The molecule has 2 N–H and O–H groups in total. The van der Waals surface area contributed by atoms with Gasteiger partial charge in [-0.1, -0.05) is 33.3 Å². The average molecular weight is 373 g/mol. The fourth-order valence-corrected chi connectivity index (χ4v) is 4.81. The van der Waals surface area contributed by atoms with E-state index in [4.69, 9.17) is 10.5 Å². The lowest BCUT2D eigenvalue weighted by atomic mass is 9.53. The Morgan fingerprint density at radius 1 is 1.30 bits per heavy atom. The topological polar surface area (TPSA) is 55.6 Å². The molecule has 2 saturated carbocycles. The van der Waals surface area contributed by atoms with Crippen LogP contribution in [0.4, 0.5) is 11.4 Å². The van der Waals surface area contributed by atoms with Gasteiger partial charge in [-0.05, 0) is 67.6 Å². The van der Waals surface area contributed by atoms with Gasteiger partial charge in [0.05, 0.1) is 24.4 Å². The Bertz CT molecular complexity index is 658. The lowest BCUT2D eigenvalue weighted by molar-refractivity contribution is -0.143. The maximum absolute atomic E-state index is 11.8. The highest BCUT2D eigenvalue weighted by Crippen LogP contribution is 2.57. The van der Waals surface area contributed by atoms with E-state index in [1.54, 1.807) is 0 Å². The Morgan fingerprint density at radius 2 is 2.00 bits per heavy atom. The number of hydrogen-bond donors (Lipinski definition) is 1. The summed E-state index contributed by atoms with van der Waals surface area (Å²) in [6, 6.07) is 6.99. The number of carbonyl (C=O) groups excluding carboxylic acids is 1. The van der Waals surface area contributed by atoms with Gasteiger partial charge in [-0.3, -0.25) is 4.79 Å². The fourth-order valence-electron chi connectivity index (χ4n) is 4.81. The van der Waals surface area contributed by atoms with Gasteiger partial charge < -0.3 is 15.4 Å². The van der Waals surface area contributed by atoms with Gasteiger partial charge >= 0.3 is 5.97 Å². The molecule has 2 aliphatic rings. The van der Waals surface area contributed by atoms with Gasteiger partial charge in [0, 0.05) is 12.6 Å². The Kier molecular flexibility index (Phi) is 6.02. The third-order valence-electron chi connectivity index (χ3n) is 6.46. The van der Waals surface area contributed by atoms with Crippen molar-refractivity contribution in [1.29, 1.82) is 0 Å². The number of rotatable bonds is 8. The number of nitrogens with two attached hydrogens (primary N) is 1. The quantitative estimate of drug-likeness (QED) is 0.508. The van der Waals surface area contributed by atoms with Crippen molar-refractivity contribution < 1.29 is 9.53 Å². The first kappa shape index (κ1) is 20.0. The lowest BCUT2D eigenvalue weighted by Crippen LogP contribution is -2.55. The van der Waals surface area contributed by atoms with E-state index in [2.05, 4.69) is 43.9 Å². The van der Waals surface area contributed by atoms with E-state index in [1.807, 2.05) is 6.92 Å². The van der Waals surface area contributed by atoms with Crippen LogP contribution in [0.15, 0.2) is 18.2 Å². The molecule has 0 heterocycles. The maximum atomic E-state index is 11.8. The van der Waals surface area contributed by atoms with E-state index in [-0.39, 0.29) is 11.9 Å². The minimum Gasteiger partial charge on any atom is -0.466 e. The Balaban J connectivity index is 1.72. The van der Waals surface area contributed by atoms with E-state index >= 15 is 0 Å². The molecule has 1 atom stereocenters. The van der Waals surface area contributed by atoms with Gasteiger partial charge in [0.15, 0.2) is 0 Å². The molecule has 0 aliphatic heterocycles. The van der Waals surface area contributed by atoms with E-state index in [9.17, 15) is 4.79 Å². The first-order valence-electron chi connectivity index (χ1n) is 10.7. The zero-order valence-corrected chi connectivity index (χ0v) is 17.5. The molecule has 1 unspecified atom stereocenters. The first-order valence-corrected chi connectivity index (χ1v) is 10.7. The molecule has 0 aromatic heterocycles. The van der Waals surface area contributed by atoms with Crippen LogP contribution in [0.3, 0.4) is 0 Å². The van der Waals surface area contributed by atoms with Gasteiger partial charge in [-0.2, -0.15) is 0 Å². The van der Waals surface area contributed by atoms with Crippen LogP contribution >= 0.6 is 0 Å². The van der Waals surface area contributed by atoms with Crippen molar-refractivity contribution in [3.8, 4) is 0 Å². The highest BCUT2D eigenvalue weighted by atomic mass is 16.5. The molecular weight excluding hydrogens is 336 g/mol. The summed E-state index contributed by atoms with van der Waals surface area (Å²) in [5.74, 6) is 0.569. The number of esters is 1. The SMILES string of the molecule is CCOC(=O)CC(C)c1ccc(N(CC(C)C)C2CC3(CCC3)C2)c(N)c1.